The van der Waals surface area contributed by atoms with Crippen molar-refractivity contribution in [3.63, 3.8) is 0 Å². The van der Waals surface area contributed by atoms with Gasteiger partial charge in [0.2, 0.25) is 0 Å². The summed E-state index contributed by atoms with van der Waals surface area (Å²) < 4.78 is 5.53. The summed E-state index contributed by atoms with van der Waals surface area (Å²) in [4.78, 5) is 13.7. The molecule has 2 heterocycles. The first-order valence-corrected chi connectivity index (χ1v) is 6.81. The van der Waals surface area contributed by atoms with Crippen molar-refractivity contribution in [1.82, 2.24) is 4.90 Å². The molecular formula is C15H20ClNO3. The van der Waals surface area contributed by atoms with Crippen molar-refractivity contribution >= 4 is 18.4 Å². The average molecular weight is 298 g/mol. The Hall–Kier alpha value is -1.10. The fourth-order valence-electron chi connectivity index (χ4n) is 3.41. The SMILES string of the molecule is Cl.O=C(O)C1C2COCC1CN(Cc1ccccc1)C2. The Morgan fingerprint density at radius 1 is 1.20 bits per heavy atom. The molecule has 2 aliphatic heterocycles. The number of rotatable bonds is 3. The maximum atomic E-state index is 11.4. The molecule has 3 rings (SSSR count). The number of benzene rings is 1. The van der Waals surface area contributed by atoms with Gasteiger partial charge in [0.05, 0.1) is 19.1 Å². The van der Waals surface area contributed by atoms with Gasteiger partial charge in [-0.1, -0.05) is 30.3 Å². The monoisotopic (exact) mass is 297 g/mol. The van der Waals surface area contributed by atoms with Crippen LogP contribution in [-0.2, 0) is 16.1 Å². The van der Waals surface area contributed by atoms with Crippen molar-refractivity contribution in [2.24, 2.45) is 17.8 Å². The van der Waals surface area contributed by atoms with Crippen LogP contribution in [0, 0.1) is 17.8 Å². The molecule has 0 radical (unpaired) electrons. The first-order chi connectivity index (χ1) is 9.24. The van der Waals surface area contributed by atoms with Crippen molar-refractivity contribution in [1.29, 1.82) is 0 Å². The van der Waals surface area contributed by atoms with E-state index in [-0.39, 0.29) is 30.2 Å². The van der Waals surface area contributed by atoms with Gasteiger partial charge in [0, 0.05) is 31.5 Å². The lowest BCUT2D eigenvalue weighted by atomic mass is 9.76. The van der Waals surface area contributed by atoms with Crippen LogP contribution in [0.3, 0.4) is 0 Å². The number of piperidine rings is 1. The second-order valence-corrected chi connectivity index (χ2v) is 5.60. The molecule has 4 nitrogen and oxygen atoms in total. The van der Waals surface area contributed by atoms with E-state index in [2.05, 4.69) is 17.0 Å². The normalized spacial score (nSPS) is 29.5. The van der Waals surface area contributed by atoms with E-state index < -0.39 is 5.97 Å². The number of carboxylic acids is 1. The Labute approximate surface area is 125 Å². The topological polar surface area (TPSA) is 49.8 Å². The Morgan fingerprint density at radius 3 is 2.35 bits per heavy atom. The molecule has 0 amide bonds. The minimum absolute atomic E-state index is 0. The summed E-state index contributed by atoms with van der Waals surface area (Å²) in [6, 6.07) is 10.3. The van der Waals surface area contributed by atoms with Crippen molar-refractivity contribution < 1.29 is 14.6 Å². The molecule has 0 aromatic heterocycles. The highest BCUT2D eigenvalue weighted by Crippen LogP contribution is 2.34. The minimum Gasteiger partial charge on any atom is -0.481 e. The Bertz CT molecular complexity index is 440. The zero-order valence-corrected chi connectivity index (χ0v) is 12.1. The first kappa shape index (κ1) is 15.3. The lowest BCUT2D eigenvalue weighted by Gasteiger charge is -2.45. The van der Waals surface area contributed by atoms with Crippen LogP contribution in [0.4, 0.5) is 0 Å². The molecule has 0 aliphatic carbocycles. The van der Waals surface area contributed by atoms with E-state index in [0.29, 0.717) is 13.2 Å². The molecule has 0 spiro atoms. The highest BCUT2D eigenvalue weighted by molar-refractivity contribution is 5.85. The first-order valence-electron chi connectivity index (χ1n) is 6.81. The number of carboxylic acid groups (broad SMARTS) is 1. The van der Waals surface area contributed by atoms with Crippen LogP contribution in [0.15, 0.2) is 30.3 Å². The number of carbonyl (C=O) groups is 1. The zero-order chi connectivity index (χ0) is 13.2. The van der Waals surface area contributed by atoms with E-state index in [9.17, 15) is 9.90 Å². The average Bonchev–Trinajstić information content (AvgIpc) is 2.38. The Balaban J connectivity index is 0.00000147. The molecule has 20 heavy (non-hydrogen) atoms. The van der Waals surface area contributed by atoms with Crippen LogP contribution in [0.1, 0.15) is 5.56 Å². The third kappa shape index (κ3) is 3.14. The van der Waals surface area contributed by atoms with Gasteiger partial charge in [0.15, 0.2) is 0 Å². The molecule has 1 aromatic rings. The number of likely N-dealkylation sites (tertiary alicyclic amines) is 1. The van der Waals surface area contributed by atoms with Gasteiger partial charge in [-0.2, -0.15) is 0 Å². The summed E-state index contributed by atoms with van der Waals surface area (Å²) in [6.07, 6.45) is 0. The third-order valence-electron chi connectivity index (χ3n) is 4.20. The molecule has 0 saturated carbocycles. The van der Waals surface area contributed by atoms with Gasteiger partial charge in [0.25, 0.3) is 0 Å². The number of nitrogens with zero attached hydrogens (tertiary/aromatic N) is 1. The number of hydrogen-bond acceptors (Lipinski definition) is 3. The van der Waals surface area contributed by atoms with Crippen LogP contribution in [-0.4, -0.2) is 42.3 Å². The van der Waals surface area contributed by atoms with Crippen molar-refractivity contribution in [3.8, 4) is 0 Å². The highest BCUT2D eigenvalue weighted by Gasteiger charge is 2.44. The number of aliphatic carboxylic acids is 1. The second kappa shape index (κ2) is 6.57. The van der Waals surface area contributed by atoms with E-state index in [0.717, 1.165) is 19.6 Å². The summed E-state index contributed by atoms with van der Waals surface area (Å²) in [7, 11) is 0. The highest BCUT2D eigenvalue weighted by atomic mass is 35.5. The number of fused-ring (bicyclic) bond motifs is 2. The van der Waals surface area contributed by atoms with Crippen LogP contribution in [0.25, 0.3) is 0 Å². The van der Waals surface area contributed by atoms with Gasteiger partial charge >= 0.3 is 5.97 Å². The lowest BCUT2D eigenvalue weighted by molar-refractivity contribution is -0.160. The number of halogens is 1. The summed E-state index contributed by atoms with van der Waals surface area (Å²) in [5.41, 5.74) is 1.29. The van der Waals surface area contributed by atoms with E-state index in [1.807, 2.05) is 18.2 Å². The summed E-state index contributed by atoms with van der Waals surface area (Å²) >= 11 is 0. The Kier molecular flexibility index (Phi) is 5.02. The van der Waals surface area contributed by atoms with E-state index in [4.69, 9.17) is 4.74 Å². The molecule has 1 N–H and O–H groups in total. The van der Waals surface area contributed by atoms with E-state index in [1.54, 1.807) is 0 Å². The second-order valence-electron chi connectivity index (χ2n) is 5.60. The summed E-state index contributed by atoms with van der Waals surface area (Å²) in [6.45, 7) is 3.71. The van der Waals surface area contributed by atoms with Crippen LogP contribution < -0.4 is 0 Å². The van der Waals surface area contributed by atoms with E-state index >= 15 is 0 Å². The maximum absolute atomic E-state index is 11.4. The minimum atomic E-state index is -0.655. The standard InChI is InChI=1S/C15H19NO3.ClH/c17-15(18)14-12-7-16(8-13(14)10-19-9-12)6-11-4-2-1-3-5-11;/h1-5,12-14H,6-10H2,(H,17,18);1H. The molecule has 2 fully saturated rings. The van der Waals surface area contributed by atoms with Crippen molar-refractivity contribution in [3.05, 3.63) is 35.9 Å². The molecule has 2 atom stereocenters. The predicted molar refractivity (Wildman–Crippen MR) is 77.9 cm³/mol. The summed E-state index contributed by atoms with van der Waals surface area (Å²) in [5.74, 6) is -0.610. The van der Waals surface area contributed by atoms with Gasteiger partial charge in [-0.05, 0) is 5.56 Å². The van der Waals surface area contributed by atoms with Gasteiger partial charge in [-0.3, -0.25) is 9.69 Å². The van der Waals surface area contributed by atoms with Gasteiger partial charge in [-0.25, -0.2) is 0 Å². The largest absolute Gasteiger partial charge is 0.481 e. The zero-order valence-electron chi connectivity index (χ0n) is 11.3. The maximum Gasteiger partial charge on any atom is 0.307 e. The third-order valence-corrected chi connectivity index (χ3v) is 4.20. The fourth-order valence-corrected chi connectivity index (χ4v) is 3.41. The van der Waals surface area contributed by atoms with Crippen LogP contribution in [0.5, 0.6) is 0 Å². The predicted octanol–water partition coefficient (Wildman–Crippen LogP) is 1.89. The molecule has 2 unspecified atom stereocenters. The molecule has 2 saturated heterocycles. The summed E-state index contributed by atoms with van der Waals surface area (Å²) in [5, 5.41) is 9.35. The smallest absolute Gasteiger partial charge is 0.307 e. The van der Waals surface area contributed by atoms with E-state index in [1.165, 1.54) is 5.56 Å². The molecule has 2 bridgehead atoms. The fraction of sp³-hybridized carbons (Fsp3) is 0.533. The van der Waals surface area contributed by atoms with Crippen molar-refractivity contribution in [2.45, 2.75) is 6.54 Å². The number of hydrogen-bond donors (Lipinski definition) is 1. The van der Waals surface area contributed by atoms with Crippen LogP contribution >= 0.6 is 12.4 Å². The molecular weight excluding hydrogens is 278 g/mol. The van der Waals surface area contributed by atoms with Gasteiger partial charge < -0.3 is 9.84 Å². The van der Waals surface area contributed by atoms with Crippen molar-refractivity contribution in [2.75, 3.05) is 26.3 Å². The molecule has 1 aromatic carbocycles. The molecule has 5 heteroatoms. The molecule has 110 valence electrons. The molecule has 2 aliphatic rings. The van der Waals surface area contributed by atoms with Crippen LogP contribution in [0.2, 0.25) is 0 Å². The quantitative estimate of drug-likeness (QED) is 0.925. The lowest BCUT2D eigenvalue weighted by Crippen LogP contribution is -2.54. The Morgan fingerprint density at radius 2 is 1.80 bits per heavy atom. The van der Waals surface area contributed by atoms with Gasteiger partial charge in [-0.15, -0.1) is 12.4 Å². The number of ether oxygens (including phenoxy) is 1. The van der Waals surface area contributed by atoms with Gasteiger partial charge in [0.1, 0.15) is 0 Å².